The maximum absolute atomic E-state index is 12.4. The zero-order chi connectivity index (χ0) is 14.7. The minimum absolute atomic E-state index is 0.0452. The zero-order valence-corrected chi connectivity index (χ0v) is 11.4. The minimum Gasteiger partial charge on any atom is -0.508 e. The van der Waals surface area contributed by atoms with E-state index in [0.29, 0.717) is 19.0 Å². The molecule has 1 aromatic rings. The van der Waals surface area contributed by atoms with Crippen molar-refractivity contribution in [3.05, 3.63) is 33.9 Å². The summed E-state index contributed by atoms with van der Waals surface area (Å²) in [7, 11) is 0. The number of benzene rings is 1. The molecule has 0 bridgehead atoms. The van der Waals surface area contributed by atoms with Gasteiger partial charge in [-0.25, -0.2) is 0 Å². The van der Waals surface area contributed by atoms with E-state index in [2.05, 4.69) is 0 Å². The number of nitrogens with zero attached hydrogens (tertiary/aromatic N) is 2. The van der Waals surface area contributed by atoms with E-state index >= 15 is 0 Å². The Kier molecular flexibility index (Phi) is 4.22. The summed E-state index contributed by atoms with van der Waals surface area (Å²) in [4.78, 5) is 24.5. The number of amides is 1. The molecule has 1 fully saturated rings. The van der Waals surface area contributed by atoms with Gasteiger partial charge in [0.1, 0.15) is 11.3 Å². The van der Waals surface area contributed by atoms with Crippen molar-refractivity contribution < 1.29 is 14.8 Å². The number of phenols is 1. The van der Waals surface area contributed by atoms with Crippen LogP contribution in [0.2, 0.25) is 0 Å². The number of carbonyl (C=O) groups excluding carboxylic acids is 1. The lowest BCUT2D eigenvalue weighted by atomic mass is 9.85. The summed E-state index contributed by atoms with van der Waals surface area (Å²) in [6.07, 6.45) is 3.39. The van der Waals surface area contributed by atoms with Crippen molar-refractivity contribution in [3.63, 3.8) is 0 Å². The molecule has 0 saturated heterocycles. The highest BCUT2D eigenvalue weighted by Crippen LogP contribution is 2.29. The van der Waals surface area contributed by atoms with E-state index < -0.39 is 4.92 Å². The van der Waals surface area contributed by atoms with Gasteiger partial charge in [0.25, 0.3) is 11.6 Å². The summed E-state index contributed by atoms with van der Waals surface area (Å²) in [5.41, 5.74) is -0.309. The van der Waals surface area contributed by atoms with Gasteiger partial charge in [-0.3, -0.25) is 14.9 Å². The molecule has 0 aromatic heterocycles. The van der Waals surface area contributed by atoms with Crippen LogP contribution in [0.1, 0.15) is 36.5 Å². The summed E-state index contributed by atoms with van der Waals surface area (Å²) in [5.74, 6) is -0.0316. The first-order valence-corrected chi connectivity index (χ1v) is 6.79. The van der Waals surface area contributed by atoms with Crippen molar-refractivity contribution in [2.75, 3.05) is 13.1 Å². The van der Waals surface area contributed by atoms with Crippen molar-refractivity contribution in [2.24, 2.45) is 5.92 Å². The average molecular weight is 278 g/mol. The van der Waals surface area contributed by atoms with E-state index in [1.54, 1.807) is 4.90 Å². The van der Waals surface area contributed by atoms with Crippen molar-refractivity contribution in [1.82, 2.24) is 4.90 Å². The lowest BCUT2D eigenvalue weighted by Gasteiger charge is -2.31. The molecule has 0 atom stereocenters. The monoisotopic (exact) mass is 278 g/mol. The normalized spacial score (nSPS) is 14.7. The van der Waals surface area contributed by atoms with Gasteiger partial charge in [0.15, 0.2) is 0 Å². The summed E-state index contributed by atoms with van der Waals surface area (Å²) in [6.45, 7) is 2.98. The second-order valence-corrected chi connectivity index (χ2v) is 5.10. The van der Waals surface area contributed by atoms with Gasteiger partial charge in [-0.05, 0) is 37.8 Å². The molecule has 108 valence electrons. The Balaban J connectivity index is 2.25. The van der Waals surface area contributed by atoms with E-state index in [0.717, 1.165) is 12.8 Å². The second-order valence-electron chi connectivity index (χ2n) is 5.10. The third-order valence-corrected chi connectivity index (χ3v) is 3.78. The van der Waals surface area contributed by atoms with Gasteiger partial charge < -0.3 is 10.0 Å². The number of phenolic OH excluding ortho intramolecular Hbond substituents is 1. The highest BCUT2D eigenvalue weighted by molar-refractivity contribution is 5.98. The van der Waals surface area contributed by atoms with Crippen LogP contribution in [0, 0.1) is 16.0 Å². The quantitative estimate of drug-likeness (QED) is 0.662. The fraction of sp³-hybridized carbons (Fsp3) is 0.500. The average Bonchev–Trinajstić information content (AvgIpc) is 2.36. The van der Waals surface area contributed by atoms with Crippen LogP contribution >= 0.6 is 0 Å². The number of hydrogen-bond donors (Lipinski definition) is 1. The molecule has 6 nitrogen and oxygen atoms in total. The molecule has 0 heterocycles. The van der Waals surface area contributed by atoms with Gasteiger partial charge in [-0.15, -0.1) is 0 Å². The predicted molar refractivity (Wildman–Crippen MR) is 73.7 cm³/mol. The Morgan fingerprint density at radius 1 is 1.50 bits per heavy atom. The summed E-state index contributed by atoms with van der Waals surface area (Å²) < 4.78 is 0. The molecule has 0 spiro atoms. The van der Waals surface area contributed by atoms with Crippen LogP contribution in [0.3, 0.4) is 0 Å². The highest BCUT2D eigenvalue weighted by atomic mass is 16.6. The highest BCUT2D eigenvalue weighted by Gasteiger charge is 2.27. The molecular formula is C14H18N2O4. The smallest absolute Gasteiger partial charge is 0.282 e. The Morgan fingerprint density at radius 2 is 2.20 bits per heavy atom. The lowest BCUT2D eigenvalue weighted by Crippen LogP contribution is -2.37. The zero-order valence-electron chi connectivity index (χ0n) is 11.4. The summed E-state index contributed by atoms with van der Waals surface area (Å²) >= 11 is 0. The first kappa shape index (κ1) is 14.3. The molecule has 6 heteroatoms. The molecule has 0 aliphatic heterocycles. The van der Waals surface area contributed by atoms with E-state index in [1.165, 1.54) is 24.6 Å². The molecule has 1 saturated carbocycles. The Labute approximate surface area is 117 Å². The number of carbonyl (C=O) groups is 1. The van der Waals surface area contributed by atoms with Crippen LogP contribution in [-0.2, 0) is 0 Å². The van der Waals surface area contributed by atoms with Crippen molar-refractivity contribution in [1.29, 1.82) is 0 Å². The van der Waals surface area contributed by atoms with Crippen LogP contribution in [0.4, 0.5) is 5.69 Å². The number of hydrogen-bond acceptors (Lipinski definition) is 4. The summed E-state index contributed by atoms with van der Waals surface area (Å²) in [6, 6.07) is 3.56. The minimum atomic E-state index is -0.593. The Morgan fingerprint density at radius 3 is 2.70 bits per heavy atom. The van der Waals surface area contributed by atoms with Gasteiger partial charge in [-0.1, -0.05) is 6.42 Å². The van der Waals surface area contributed by atoms with Crippen molar-refractivity contribution in [2.45, 2.75) is 26.2 Å². The van der Waals surface area contributed by atoms with Crippen LogP contribution in [-0.4, -0.2) is 33.9 Å². The molecule has 0 unspecified atom stereocenters. The van der Waals surface area contributed by atoms with Crippen LogP contribution in [0.15, 0.2) is 18.2 Å². The molecule has 0 radical (unpaired) electrons. The third-order valence-electron chi connectivity index (χ3n) is 3.78. The molecule has 1 amide bonds. The van der Waals surface area contributed by atoms with E-state index in [4.69, 9.17) is 0 Å². The molecule has 1 aliphatic rings. The van der Waals surface area contributed by atoms with Crippen LogP contribution < -0.4 is 0 Å². The molecule has 1 aliphatic carbocycles. The van der Waals surface area contributed by atoms with Crippen LogP contribution in [0.5, 0.6) is 5.75 Å². The van der Waals surface area contributed by atoms with Gasteiger partial charge in [0, 0.05) is 19.2 Å². The number of aromatic hydroxyl groups is 1. The fourth-order valence-corrected chi connectivity index (χ4v) is 2.37. The second kappa shape index (κ2) is 5.90. The van der Waals surface area contributed by atoms with Crippen molar-refractivity contribution >= 4 is 11.6 Å². The van der Waals surface area contributed by atoms with Gasteiger partial charge in [0.2, 0.25) is 0 Å². The number of rotatable bonds is 5. The van der Waals surface area contributed by atoms with Gasteiger partial charge in [-0.2, -0.15) is 0 Å². The molecule has 20 heavy (non-hydrogen) atoms. The number of nitro benzene ring substituents is 1. The maximum Gasteiger partial charge on any atom is 0.282 e. The van der Waals surface area contributed by atoms with Crippen molar-refractivity contribution in [3.8, 4) is 5.75 Å². The van der Waals surface area contributed by atoms with Gasteiger partial charge in [0.05, 0.1) is 4.92 Å². The largest absolute Gasteiger partial charge is 0.508 e. The standard InChI is InChI=1S/C14H18N2O4/c1-2-15(9-10-4-3-5-10)14(18)12-8-11(17)6-7-13(12)16(19)20/h6-8,10,17H,2-5,9H2,1H3. The number of nitro groups is 1. The maximum atomic E-state index is 12.4. The first-order chi connectivity index (χ1) is 9.52. The molecular weight excluding hydrogens is 260 g/mol. The van der Waals surface area contributed by atoms with E-state index in [-0.39, 0.29) is 22.9 Å². The molecule has 2 rings (SSSR count). The van der Waals surface area contributed by atoms with E-state index in [9.17, 15) is 20.0 Å². The van der Waals surface area contributed by atoms with Crippen LogP contribution in [0.25, 0.3) is 0 Å². The Bertz CT molecular complexity index is 526. The molecule has 1 aromatic carbocycles. The lowest BCUT2D eigenvalue weighted by molar-refractivity contribution is -0.385. The molecule has 1 N–H and O–H groups in total. The summed E-state index contributed by atoms with van der Waals surface area (Å²) in [5, 5.41) is 20.5. The Hall–Kier alpha value is -2.11. The topological polar surface area (TPSA) is 83.7 Å². The third kappa shape index (κ3) is 2.89. The van der Waals surface area contributed by atoms with Gasteiger partial charge >= 0.3 is 0 Å². The SMILES string of the molecule is CCN(CC1CCC1)C(=O)c1cc(O)ccc1[N+](=O)[O-]. The fourth-order valence-electron chi connectivity index (χ4n) is 2.37. The van der Waals surface area contributed by atoms with E-state index in [1.807, 2.05) is 6.92 Å². The first-order valence-electron chi connectivity index (χ1n) is 6.79. The predicted octanol–water partition coefficient (Wildman–Crippen LogP) is 2.56.